The quantitative estimate of drug-likeness (QED) is 0.429. The Morgan fingerprint density at radius 1 is 0.968 bits per heavy atom. The van der Waals surface area contributed by atoms with Crippen molar-refractivity contribution in [1.82, 2.24) is 4.98 Å². The first-order chi connectivity index (χ1) is 15.0. The fourth-order valence-electron chi connectivity index (χ4n) is 2.87. The highest BCUT2D eigenvalue weighted by molar-refractivity contribution is 7.14. The van der Waals surface area contributed by atoms with Gasteiger partial charge < -0.3 is 10.1 Å². The minimum Gasteiger partial charge on any atom is -0.487 e. The lowest BCUT2D eigenvalue weighted by atomic mass is 10.1. The fourth-order valence-corrected chi connectivity index (χ4v) is 3.70. The Bertz CT molecular complexity index is 1050. The number of ketones is 2. The average molecular weight is 437 g/mol. The van der Waals surface area contributed by atoms with Gasteiger partial charge in [-0.1, -0.05) is 12.1 Å². The number of hydrogen-bond donors (Lipinski definition) is 1. The van der Waals surface area contributed by atoms with Crippen LogP contribution >= 0.6 is 11.3 Å². The molecule has 6 nitrogen and oxygen atoms in total. The van der Waals surface area contributed by atoms with Crippen LogP contribution in [0.2, 0.25) is 0 Å². The topological polar surface area (TPSA) is 85.4 Å². The van der Waals surface area contributed by atoms with E-state index < -0.39 is 0 Å². The zero-order valence-corrected chi connectivity index (χ0v) is 18.1. The highest BCUT2D eigenvalue weighted by atomic mass is 32.1. The molecular weight excluding hydrogens is 412 g/mol. The highest BCUT2D eigenvalue weighted by Crippen LogP contribution is 2.20. The summed E-state index contributed by atoms with van der Waals surface area (Å²) in [6.45, 7) is 2.27. The van der Waals surface area contributed by atoms with E-state index in [4.69, 9.17) is 4.74 Å². The Hall–Kier alpha value is -3.32. The number of carbonyl (C=O) groups is 3. The van der Waals surface area contributed by atoms with Gasteiger partial charge in [0.05, 0.1) is 10.6 Å². The molecule has 0 unspecified atom stereocenters. The minimum absolute atomic E-state index is 0.0292. The molecule has 0 fully saturated rings. The molecule has 0 atom stereocenters. The first-order valence-electron chi connectivity index (χ1n) is 10.0. The Morgan fingerprint density at radius 3 is 2.55 bits per heavy atom. The number of amides is 1. The van der Waals surface area contributed by atoms with Crippen molar-refractivity contribution in [3.63, 3.8) is 0 Å². The molecule has 3 rings (SSSR count). The monoisotopic (exact) mass is 436 g/mol. The second-order valence-electron chi connectivity index (χ2n) is 7.06. The first kappa shape index (κ1) is 22.4. The van der Waals surface area contributed by atoms with E-state index in [9.17, 15) is 14.4 Å². The van der Waals surface area contributed by atoms with Crippen molar-refractivity contribution in [3.8, 4) is 5.75 Å². The van der Waals surface area contributed by atoms with Gasteiger partial charge in [0.1, 0.15) is 18.1 Å². The molecule has 1 amide bonds. The van der Waals surface area contributed by atoms with Crippen LogP contribution in [0.25, 0.3) is 0 Å². The normalized spacial score (nSPS) is 10.5. The van der Waals surface area contributed by atoms with Crippen LogP contribution in [0.5, 0.6) is 5.75 Å². The second kappa shape index (κ2) is 11.2. The number of ether oxygens (including phenoxy) is 1. The van der Waals surface area contributed by atoms with Crippen molar-refractivity contribution in [2.45, 2.75) is 39.2 Å². The summed E-state index contributed by atoms with van der Waals surface area (Å²) in [5.41, 5.74) is 1.40. The molecule has 0 bridgehead atoms. The van der Waals surface area contributed by atoms with Gasteiger partial charge in [0, 0.05) is 48.5 Å². The number of benzene rings is 1. The third-order valence-corrected chi connectivity index (χ3v) is 5.55. The lowest BCUT2D eigenvalue weighted by Gasteiger charge is -2.09. The van der Waals surface area contributed by atoms with E-state index >= 15 is 0 Å². The number of aromatic nitrogens is 1. The van der Waals surface area contributed by atoms with Crippen LogP contribution in [0.15, 0.2) is 60.8 Å². The summed E-state index contributed by atoms with van der Waals surface area (Å²) in [6.07, 6.45) is 2.22. The fraction of sp³-hybridized carbons (Fsp3) is 0.250. The molecule has 0 aliphatic rings. The molecular formula is C24H24N2O4S. The van der Waals surface area contributed by atoms with E-state index in [1.54, 1.807) is 36.5 Å². The van der Waals surface area contributed by atoms with Crippen LogP contribution in [-0.4, -0.2) is 22.5 Å². The molecule has 2 aromatic heterocycles. The van der Waals surface area contributed by atoms with E-state index in [0.717, 1.165) is 10.6 Å². The van der Waals surface area contributed by atoms with Crippen molar-refractivity contribution in [2.24, 2.45) is 0 Å². The lowest BCUT2D eigenvalue weighted by molar-refractivity contribution is -0.122. The lowest BCUT2D eigenvalue weighted by Crippen LogP contribution is -2.14. The van der Waals surface area contributed by atoms with Crippen molar-refractivity contribution in [3.05, 3.63) is 76.2 Å². The van der Waals surface area contributed by atoms with Gasteiger partial charge in [-0.05, 0) is 43.3 Å². The Balaban J connectivity index is 1.39. The molecule has 0 saturated heterocycles. The number of Topliss-reactive ketones (excluding diaryl/α,β-unsaturated/α-hetero) is 2. The van der Waals surface area contributed by atoms with Gasteiger partial charge in [-0.2, -0.15) is 0 Å². The molecule has 0 aliphatic heterocycles. The Kier molecular flexibility index (Phi) is 8.06. The number of pyridine rings is 1. The summed E-state index contributed by atoms with van der Waals surface area (Å²) in [5.74, 6) is 0.236. The van der Waals surface area contributed by atoms with Crippen molar-refractivity contribution in [2.75, 3.05) is 5.32 Å². The van der Waals surface area contributed by atoms with Crippen LogP contribution in [-0.2, 0) is 16.2 Å². The molecule has 0 saturated carbocycles. The second-order valence-corrected chi connectivity index (χ2v) is 8.35. The number of nitrogens with one attached hydrogen (secondary N) is 1. The molecule has 31 heavy (non-hydrogen) atoms. The number of aryl methyl sites for hydroxylation is 1. The SMILES string of the molecule is Cc1ccc(C(=O)CCC(=O)CCC(=O)Nc2cccc(OCc3ccccn3)c2)s1. The molecule has 0 radical (unpaired) electrons. The number of nitrogens with zero attached hydrogens (tertiary/aromatic N) is 1. The third kappa shape index (κ3) is 7.46. The van der Waals surface area contributed by atoms with Gasteiger partial charge >= 0.3 is 0 Å². The van der Waals surface area contributed by atoms with Crippen molar-refractivity contribution in [1.29, 1.82) is 0 Å². The van der Waals surface area contributed by atoms with Gasteiger partial charge in [-0.25, -0.2) is 0 Å². The van der Waals surface area contributed by atoms with E-state index in [-0.39, 0.29) is 43.2 Å². The number of anilines is 1. The first-order valence-corrected chi connectivity index (χ1v) is 10.9. The van der Waals surface area contributed by atoms with E-state index in [2.05, 4.69) is 10.3 Å². The highest BCUT2D eigenvalue weighted by Gasteiger charge is 2.13. The summed E-state index contributed by atoms with van der Waals surface area (Å²) in [6, 6.07) is 16.4. The van der Waals surface area contributed by atoms with Crippen LogP contribution in [0.4, 0.5) is 5.69 Å². The largest absolute Gasteiger partial charge is 0.487 e. The zero-order valence-electron chi connectivity index (χ0n) is 17.3. The van der Waals surface area contributed by atoms with Crippen molar-refractivity contribution < 1.29 is 19.1 Å². The predicted octanol–water partition coefficient (Wildman–Crippen LogP) is 4.98. The third-order valence-electron chi connectivity index (χ3n) is 4.51. The maximum atomic E-state index is 12.2. The Labute approximate surface area is 185 Å². The number of hydrogen-bond acceptors (Lipinski definition) is 6. The standard InChI is InChI=1S/C24H24N2O4S/c1-17-8-12-23(31-17)22(28)11-9-20(27)10-13-24(29)26-18-6-4-7-21(15-18)30-16-19-5-2-3-14-25-19/h2-8,12,14-15H,9-11,13,16H2,1H3,(H,26,29). The summed E-state index contributed by atoms with van der Waals surface area (Å²) >= 11 is 1.43. The van der Waals surface area contributed by atoms with Gasteiger partial charge in [0.2, 0.25) is 5.91 Å². The molecule has 160 valence electrons. The summed E-state index contributed by atoms with van der Waals surface area (Å²) in [4.78, 5) is 42.3. The molecule has 1 aromatic carbocycles. The summed E-state index contributed by atoms with van der Waals surface area (Å²) < 4.78 is 5.71. The van der Waals surface area contributed by atoms with Gasteiger partial charge in [-0.15, -0.1) is 11.3 Å². The van der Waals surface area contributed by atoms with Gasteiger partial charge in [0.25, 0.3) is 0 Å². The number of rotatable bonds is 11. The van der Waals surface area contributed by atoms with Crippen molar-refractivity contribution >= 4 is 34.5 Å². The zero-order chi connectivity index (χ0) is 22.1. The Morgan fingerprint density at radius 2 is 1.81 bits per heavy atom. The van der Waals surface area contributed by atoms with E-state index in [1.807, 2.05) is 31.2 Å². The van der Waals surface area contributed by atoms with Crippen LogP contribution in [0.3, 0.4) is 0 Å². The number of thiophene rings is 1. The molecule has 1 N–H and O–H groups in total. The summed E-state index contributed by atoms with van der Waals surface area (Å²) in [5, 5.41) is 2.78. The number of carbonyl (C=O) groups excluding carboxylic acids is 3. The molecule has 0 spiro atoms. The van der Waals surface area contributed by atoms with Crippen LogP contribution in [0.1, 0.15) is 45.9 Å². The van der Waals surface area contributed by atoms with Crippen LogP contribution < -0.4 is 10.1 Å². The minimum atomic E-state index is -0.254. The molecule has 0 aliphatic carbocycles. The molecule has 7 heteroatoms. The molecule has 3 aromatic rings. The van der Waals surface area contributed by atoms with E-state index in [1.165, 1.54) is 11.3 Å². The smallest absolute Gasteiger partial charge is 0.224 e. The maximum Gasteiger partial charge on any atom is 0.224 e. The van der Waals surface area contributed by atoms with Gasteiger partial charge in [-0.3, -0.25) is 19.4 Å². The predicted molar refractivity (Wildman–Crippen MR) is 121 cm³/mol. The van der Waals surface area contributed by atoms with Gasteiger partial charge in [0.15, 0.2) is 5.78 Å². The summed E-state index contributed by atoms with van der Waals surface area (Å²) in [7, 11) is 0. The average Bonchev–Trinajstić information content (AvgIpc) is 3.22. The maximum absolute atomic E-state index is 12.2. The van der Waals surface area contributed by atoms with Crippen LogP contribution in [0, 0.1) is 6.92 Å². The molecule has 2 heterocycles. The van der Waals surface area contributed by atoms with E-state index in [0.29, 0.717) is 22.9 Å².